The number of nitrogens with one attached hydrogen (secondary N) is 1. The summed E-state index contributed by atoms with van der Waals surface area (Å²) < 4.78 is 0. The van der Waals surface area contributed by atoms with Gasteiger partial charge in [0.1, 0.15) is 5.75 Å². The molecule has 6 N–H and O–H groups in total. The Morgan fingerprint density at radius 2 is 1.73 bits per heavy atom. The van der Waals surface area contributed by atoms with Gasteiger partial charge in [0, 0.05) is 25.7 Å². The predicted molar refractivity (Wildman–Crippen MR) is 127 cm³/mol. The molecule has 37 heavy (non-hydrogen) atoms. The summed E-state index contributed by atoms with van der Waals surface area (Å²) in [5, 5.41) is 33.6. The number of phenolic OH excluding ortho intramolecular Hbond substituents is 1. The Labute approximate surface area is 211 Å². The van der Waals surface area contributed by atoms with Crippen LogP contribution in [0.5, 0.6) is 5.75 Å². The monoisotopic (exact) mass is 516 g/mol. The second kappa shape index (κ2) is 8.63. The number of phenols is 1. The molecular weight excluding hydrogens is 488 g/mol. The number of carbonyl (C=O) groups excluding carboxylic acids is 5. The number of carboxylic acid groups (broad SMARTS) is 1. The molecule has 6 atom stereocenters. The molecule has 0 spiro atoms. The molecule has 4 unspecified atom stereocenters. The van der Waals surface area contributed by atoms with Crippen LogP contribution < -0.4 is 16.0 Å². The van der Waals surface area contributed by atoms with E-state index in [-0.39, 0.29) is 24.1 Å². The van der Waals surface area contributed by atoms with Crippen molar-refractivity contribution in [3.63, 3.8) is 0 Å². The lowest BCUT2D eigenvalue weighted by Gasteiger charge is -2.52. The summed E-state index contributed by atoms with van der Waals surface area (Å²) in [6, 6.07) is 0.176. The minimum absolute atomic E-state index is 0.0697. The van der Waals surface area contributed by atoms with Crippen molar-refractivity contribution in [1.29, 1.82) is 0 Å². The number of amides is 2. The van der Waals surface area contributed by atoms with Gasteiger partial charge in [0.05, 0.1) is 23.2 Å². The van der Waals surface area contributed by atoms with Gasteiger partial charge in [0.15, 0.2) is 34.7 Å². The maximum absolute atomic E-state index is 13.8. The van der Waals surface area contributed by atoms with Gasteiger partial charge in [-0.25, -0.2) is 4.79 Å². The number of primary amides is 1. The maximum atomic E-state index is 13.8. The lowest BCUT2D eigenvalue weighted by molar-refractivity contribution is -0.181. The summed E-state index contributed by atoms with van der Waals surface area (Å²) in [5.74, 6) is -11.8. The van der Waals surface area contributed by atoms with Crippen molar-refractivity contribution in [1.82, 2.24) is 4.90 Å². The predicted octanol–water partition coefficient (Wildman–Crippen LogP) is -0.977. The zero-order valence-electron chi connectivity index (χ0n) is 20.6. The molecule has 0 aliphatic heterocycles. The molecule has 198 valence electrons. The molecule has 1 aromatic carbocycles. The highest BCUT2D eigenvalue weighted by Gasteiger charge is 2.69. The summed E-state index contributed by atoms with van der Waals surface area (Å²) in [4.78, 5) is 80.2. The molecule has 2 amide bonds. The van der Waals surface area contributed by atoms with Crippen molar-refractivity contribution in [3.05, 3.63) is 17.2 Å². The Kier molecular flexibility index (Phi) is 6.12. The number of aliphatic hydroxyl groups is 1. The summed E-state index contributed by atoms with van der Waals surface area (Å²) in [6.07, 6.45) is -1.50. The number of nitrogens with zero attached hydrogens (tertiary/aromatic N) is 2. The Morgan fingerprint density at radius 1 is 1.11 bits per heavy atom. The molecule has 13 nitrogen and oxygen atoms in total. The van der Waals surface area contributed by atoms with Gasteiger partial charge in [-0.05, 0) is 44.5 Å². The molecule has 0 radical (unpaired) electrons. The first kappa shape index (κ1) is 26.2. The molecule has 2 fully saturated rings. The molecular formula is C24H28N4O9. The summed E-state index contributed by atoms with van der Waals surface area (Å²) in [5.41, 5.74) is 2.70. The number of ketones is 4. The van der Waals surface area contributed by atoms with Crippen molar-refractivity contribution in [3.8, 4) is 5.75 Å². The number of likely N-dealkylation sites (N-methyl/N-ethyl adjacent to an activating group) is 1. The first-order valence-corrected chi connectivity index (χ1v) is 11.5. The van der Waals surface area contributed by atoms with E-state index >= 15 is 0 Å². The Balaban J connectivity index is 1.91. The summed E-state index contributed by atoms with van der Waals surface area (Å²) >= 11 is 0. The first-order chi connectivity index (χ1) is 17.1. The average molecular weight is 517 g/mol. The lowest BCUT2D eigenvalue weighted by atomic mass is 9.52. The van der Waals surface area contributed by atoms with Crippen LogP contribution in [-0.2, 0) is 25.6 Å². The quantitative estimate of drug-likeness (QED) is 0.243. The molecule has 0 saturated heterocycles. The molecule has 0 bridgehead atoms. The molecule has 13 heteroatoms. The zero-order chi connectivity index (χ0) is 27.7. The minimum Gasteiger partial charge on any atom is -0.505 e. The summed E-state index contributed by atoms with van der Waals surface area (Å²) in [7, 11) is 6.33. The van der Waals surface area contributed by atoms with Gasteiger partial charge in [-0.3, -0.25) is 34.2 Å². The Morgan fingerprint density at radius 3 is 2.24 bits per heavy atom. The minimum atomic E-state index is -2.83. The number of fused-ring (bicyclic) bond motifs is 3. The van der Waals surface area contributed by atoms with Crippen molar-refractivity contribution in [2.75, 3.05) is 38.4 Å². The number of Topliss-reactive ketones (excluding diaryl/α,β-unsaturated/α-hetero) is 4. The molecule has 0 heterocycles. The molecule has 3 aliphatic carbocycles. The van der Waals surface area contributed by atoms with Gasteiger partial charge in [-0.15, -0.1) is 0 Å². The van der Waals surface area contributed by atoms with Gasteiger partial charge >= 0.3 is 6.09 Å². The highest BCUT2D eigenvalue weighted by Crippen LogP contribution is 2.52. The van der Waals surface area contributed by atoms with E-state index < -0.39 is 76.2 Å². The highest BCUT2D eigenvalue weighted by molar-refractivity contribution is 6.32. The molecule has 2 saturated carbocycles. The topological polar surface area (TPSA) is 208 Å². The number of hydrogen-bond donors (Lipinski definition) is 5. The van der Waals surface area contributed by atoms with Crippen LogP contribution >= 0.6 is 0 Å². The van der Waals surface area contributed by atoms with Crippen LogP contribution in [0.1, 0.15) is 22.3 Å². The number of rotatable bonds is 4. The van der Waals surface area contributed by atoms with Crippen LogP contribution in [0.25, 0.3) is 0 Å². The standard InChI is InChI=1S/C24H28N4O9/c1-27(2)12-7-11(26-23(35)36)17(29)14-9(12)5-8-6-10-16(28(3)4)19(31)15(22(25)34)21(33)24(10,37)20(32)13(8)18(14)30/h7-8,10,13,15-16,26,29,37H,5-6H2,1-4H3,(H2,25,34)(H,35,36)/t8?,10?,13?,15?,16-,24-/m0/s1. The van der Waals surface area contributed by atoms with Crippen LogP contribution in [0, 0.1) is 23.7 Å². The van der Waals surface area contributed by atoms with Gasteiger partial charge < -0.3 is 26.0 Å². The number of benzene rings is 1. The van der Waals surface area contributed by atoms with Crippen molar-refractivity contribution in [2.45, 2.75) is 24.5 Å². The average Bonchev–Trinajstić information content (AvgIpc) is 2.77. The van der Waals surface area contributed by atoms with Crippen LogP contribution in [0.15, 0.2) is 6.07 Å². The van der Waals surface area contributed by atoms with E-state index in [0.29, 0.717) is 11.3 Å². The number of nitrogens with two attached hydrogens (primary N) is 1. The van der Waals surface area contributed by atoms with Gasteiger partial charge in [-0.2, -0.15) is 0 Å². The van der Waals surface area contributed by atoms with Crippen LogP contribution in [0.3, 0.4) is 0 Å². The fourth-order valence-corrected chi connectivity index (χ4v) is 6.26. The fourth-order valence-electron chi connectivity index (χ4n) is 6.26. The molecule has 0 aromatic heterocycles. The van der Waals surface area contributed by atoms with Crippen LogP contribution in [0.4, 0.5) is 16.2 Å². The van der Waals surface area contributed by atoms with Gasteiger partial charge in [-0.1, -0.05) is 0 Å². The second-order valence-electron chi connectivity index (χ2n) is 10.3. The fraction of sp³-hybridized carbons (Fsp3) is 0.500. The largest absolute Gasteiger partial charge is 0.505 e. The van der Waals surface area contributed by atoms with Crippen LogP contribution in [0.2, 0.25) is 0 Å². The lowest BCUT2D eigenvalue weighted by Crippen LogP contribution is -2.74. The normalized spacial score (nSPS) is 30.9. The first-order valence-electron chi connectivity index (χ1n) is 11.5. The molecule has 1 aromatic rings. The van der Waals surface area contributed by atoms with E-state index in [1.54, 1.807) is 19.0 Å². The van der Waals surface area contributed by atoms with Crippen molar-refractivity contribution >= 4 is 46.5 Å². The highest BCUT2D eigenvalue weighted by atomic mass is 16.4. The van der Waals surface area contributed by atoms with E-state index in [4.69, 9.17) is 10.8 Å². The van der Waals surface area contributed by atoms with E-state index in [1.165, 1.54) is 25.1 Å². The third-order valence-corrected chi connectivity index (χ3v) is 7.76. The van der Waals surface area contributed by atoms with E-state index in [0.717, 1.165) is 0 Å². The van der Waals surface area contributed by atoms with Gasteiger partial charge in [0.2, 0.25) is 5.91 Å². The van der Waals surface area contributed by atoms with Crippen molar-refractivity contribution in [2.24, 2.45) is 29.4 Å². The molecule has 4 rings (SSSR count). The smallest absolute Gasteiger partial charge is 0.409 e. The zero-order valence-corrected chi connectivity index (χ0v) is 20.6. The third kappa shape index (κ3) is 3.60. The van der Waals surface area contributed by atoms with E-state index in [1.807, 2.05) is 5.32 Å². The number of carbonyl (C=O) groups is 6. The van der Waals surface area contributed by atoms with E-state index in [2.05, 4.69) is 0 Å². The number of hydrogen-bond acceptors (Lipinski definition) is 10. The summed E-state index contributed by atoms with van der Waals surface area (Å²) in [6.45, 7) is 0. The SMILES string of the molecule is CN(C)c1cc(NC(=O)O)c(O)c2c1CC1CC3[C@H](N(C)C)C(=O)C(C(N)=O)C(=O)[C@@]3(O)C(=O)C1C2=O. The number of anilines is 2. The number of aromatic hydroxyl groups is 1. The third-order valence-electron chi connectivity index (χ3n) is 7.76. The Bertz CT molecular complexity index is 1270. The second-order valence-corrected chi connectivity index (χ2v) is 10.3. The van der Waals surface area contributed by atoms with Crippen LogP contribution in [-0.4, -0.2) is 95.2 Å². The van der Waals surface area contributed by atoms with Crippen molar-refractivity contribution < 1.29 is 44.1 Å². The van der Waals surface area contributed by atoms with E-state index in [9.17, 15) is 39.0 Å². The molecule has 3 aliphatic rings. The Hall–Kier alpha value is -3.84. The van der Waals surface area contributed by atoms with Gasteiger partial charge in [0.25, 0.3) is 0 Å². The maximum Gasteiger partial charge on any atom is 0.409 e.